The van der Waals surface area contributed by atoms with Gasteiger partial charge in [0.15, 0.2) is 0 Å². The van der Waals surface area contributed by atoms with Crippen LogP contribution in [0.15, 0.2) is 24.3 Å². The fourth-order valence-corrected chi connectivity index (χ4v) is 2.07. The summed E-state index contributed by atoms with van der Waals surface area (Å²) in [5.74, 6) is -0.104. The van der Waals surface area contributed by atoms with Crippen molar-refractivity contribution in [2.75, 3.05) is 6.61 Å². The van der Waals surface area contributed by atoms with Gasteiger partial charge in [0.25, 0.3) is 0 Å². The van der Waals surface area contributed by atoms with Crippen LogP contribution in [0, 0.1) is 0 Å². The second-order valence-corrected chi connectivity index (χ2v) is 4.57. The Labute approximate surface area is 153 Å². The molecular weight excluding hydrogens is 283 g/mol. The summed E-state index contributed by atoms with van der Waals surface area (Å²) in [5.41, 5.74) is -0.677. The minimum atomic E-state index is -5.04. The largest absolute Gasteiger partial charge is 1.00 e. The maximum Gasteiger partial charge on any atom is 1.00 e. The maximum atomic E-state index is 12.8. The molecule has 1 fully saturated rings. The van der Waals surface area contributed by atoms with Crippen LogP contribution < -0.4 is 61.6 Å². The van der Waals surface area contributed by atoms with Crippen molar-refractivity contribution < 1.29 is 73.8 Å². The summed E-state index contributed by atoms with van der Waals surface area (Å²) in [5, 5.41) is 0. The number of hydrogen-bond acceptors (Lipinski definition) is 2. The first kappa shape index (κ1) is 17.5. The van der Waals surface area contributed by atoms with Crippen molar-refractivity contribution in [2.45, 2.75) is 32.0 Å². The quantitative estimate of drug-likeness (QED) is 0.710. The number of halogens is 3. The van der Waals surface area contributed by atoms with Crippen LogP contribution in [0.25, 0.3) is 0 Å². The molecule has 0 bridgehead atoms. The van der Waals surface area contributed by atoms with E-state index in [1.807, 2.05) is 6.92 Å². The number of hydrogen-bond donors (Lipinski definition) is 0. The Morgan fingerprint density at radius 2 is 1.95 bits per heavy atom. The summed E-state index contributed by atoms with van der Waals surface area (Å²) in [7, 11) is 0. The maximum absolute atomic E-state index is 12.8. The molecule has 2 rings (SSSR count). The van der Waals surface area contributed by atoms with Gasteiger partial charge >= 0.3 is 58.4 Å². The molecule has 19 heavy (non-hydrogen) atoms. The zero-order chi connectivity index (χ0) is 13.2. The summed E-state index contributed by atoms with van der Waals surface area (Å²) in [4.78, 5) is 0. The van der Waals surface area contributed by atoms with Gasteiger partial charge in [-0.3, -0.25) is 0 Å². The molecule has 1 saturated heterocycles. The number of ether oxygens (including phenoxy) is 2. The van der Waals surface area contributed by atoms with E-state index in [1.165, 1.54) is 12.1 Å². The standard InChI is InChI=1S/C12H15BF3O2.K/c1-9-6-7-10(18-9)8-17-12-5-3-2-4-11(12)13(14,15)16;/h2-5,9-10H,6-8H2,1H3;/q-1;+1. The van der Waals surface area contributed by atoms with E-state index in [0.29, 0.717) is 0 Å². The Morgan fingerprint density at radius 1 is 1.26 bits per heavy atom. The topological polar surface area (TPSA) is 18.5 Å². The van der Waals surface area contributed by atoms with Crippen molar-refractivity contribution in [3.8, 4) is 5.75 Å². The van der Waals surface area contributed by atoms with E-state index < -0.39 is 12.4 Å². The summed E-state index contributed by atoms with van der Waals surface area (Å²) < 4.78 is 49.1. The molecule has 0 N–H and O–H groups in total. The van der Waals surface area contributed by atoms with E-state index in [1.54, 1.807) is 6.07 Å². The predicted octanol–water partition coefficient (Wildman–Crippen LogP) is -0.309. The molecule has 0 spiro atoms. The third-order valence-corrected chi connectivity index (χ3v) is 3.02. The molecule has 0 radical (unpaired) electrons. The number of rotatable bonds is 4. The fourth-order valence-electron chi connectivity index (χ4n) is 2.07. The molecule has 2 atom stereocenters. The van der Waals surface area contributed by atoms with Crippen molar-refractivity contribution in [2.24, 2.45) is 0 Å². The first-order chi connectivity index (χ1) is 8.47. The minimum Gasteiger partial charge on any atom is -0.494 e. The first-order valence-corrected chi connectivity index (χ1v) is 6.04. The van der Waals surface area contributed by atoms with Crippen LogP contribution in [0.2, 0.25) is 0 Å². The second-order valence-electron chi connectivity index (χ2n) is 4.57. The second kappa shape index (κ2) is 7.47. The van der Waals surface area contributed by atoms with E-state index >= 15 is 0 Å². The molecular formula is C12H15BF3KO2. The summed E-state index contributed by atoms with van der Waals surface area (Å²) in [6, 6.07) is 5.31. The Morgan fingerprint density at radius 3 is 2.53 bits per heavy atom. The van der Waals surface area contributed by atoms with E-state index in [0.717, 1.165) is 18.9 Å². The first-order valence-electron chi connectivity index (χ1n) is 6.04. The molecule has 2 unspecified atom stereocenters. The SMILES string of the molecule is CC1CCC(COc2ccccc2[B-](F)(F)F)O1.[K+]. The predicted molar refractivity (Wildman–Crippen MR) is 64.2 cm³/mol. The van der Waals surface area contributed by atoms with Crippen molar-refractivity contribution in [1.29, 1.82) is 0 Å². The molecule has 0 amide bonds. The van der Waals surface area contributed by atoms with Crippen molar-refractivity contribution in [1.82, 2.24) is 0 Å². The van der Waals surface area contributed by atoms with Crippen molar-refractivity contribution in [3.05, 3.63) is 24.3 Å². The van der Waals surface area contributed by atoms with Crippen molar-refractivity contribution in [3.63, 3.8) is 0 Å². The van der Waals surface area contributed by atoms with Gasteiger partial charge in [-0.25, -0.2) is 0 Å². The molecule has 0 aliphatic carbocycles. The summed E-state index contributed by atoms with van der Waals surface area (Å²) in [6.45, 7) is -2.91. The van der Waals surface area contributed by atoms with E-state index in [9.17, 15) is 12.9 Å². The van der Waals surface area contributed by atoms with Gasteiger partial charge in [0.1, 0.15) is 6.61 Å². The van der Waals surface area contributed by atoms with Crippen LogP contribution in [0.5, 0.6) is 5.75 Å². The molecule has 100 valence electrons. The van der Waals surface area contributed by atoms with Gasteiger partial charge in [0.2, 0.25) is 0 Å². The number of benzene rings is 1. The van der Waals surface area contributed by atoms with E-state index in [-0.39, 0.29) is 75.9 Å². The normalized spacial score (nSPS) is 22.9. The monoisotopic (exact) mass is 298 g/mol. The summed E-state index contributed by atoms with van der Waals surface area (Å²) >= 11 is 0. The molecule has 1 aromatic rings. The summed E-state index contributed by atoms with van der Waals surface area (Å²) in [6.07, 6.45) is 1.83. The molecule has 1 aliphatic heterocycles. The van der Waals surface area contributed by atoms with Gasteiger partial charge in [0, 0.05) is 0 Å². The van der Waals surface area contributed by atoms with E-state index in [2.05, 4.69) is 0 Å². The molecule has 1 aliphatic rings. The molecule has 2 nitrogen and oxygen atoms in total. The molecule has 1 heterocycles. The van der Waals surface area contributed by atoms with Crippen LogP contribution in [-0.4, -0.2) is 25.8 Å². The third kappa shape index (κ3) is 5.06. The number of para-hydroxylation sites is 1. The zero-order valence-corrected chi connectivity index (χ0v) is 14.2. The molecule has 1 aromatic carbocycles. The third-order valence-electron chi connectivity index (χ3n) is 3.02. The zero-order valence-electron chi connectivity index (χ0n) is 11.1. The van der Waals surface area contributed by atoms with E-state index in [4.69, 9.17) is 9.47 Å². The van der Waals surface area contributed by atoms with Gasteiger partial charge in [-0.1, -0.05) is 23.7 Å². The van der Waals surface area contributed by atoms with Crippen LogP contribution in [-0.2, 0) is 4.74 Å². The average Bonchev–Trinajstić information content (AvgIpc) is 2.72. The smallest absolute Gasteiger partial charge is 0.494 e. The van der Waals surface area contributed by atoms with Gasteiger partial charge in [-0.2, -0.15) is 0 Å². The Balaban J connectivity index is 0.00000180. The van der Waals surface area contributed by atoms with Gasteiger partial charge < -0.3 is 22.4 Å². The van der Waals surface area contributed by atoms with Crippen molar-refractivity contribution >= 4 is 12.4 Å². The van der Waals surface area contributed by atoms with Crippen LogP contribution in [0.1, 0.15) is 19.8 Å². The van der Waals surface area contributed by atoms with Crippen LogP contribution in [0.4, 0.5) is 12.9 Å². The average molecular weight is 298 g/mol. The van der Waals surface area contributed by atoms with Gasteiger partial charge in [-0.15, -0.1) is 0 Å². The van der Waals surface area contributed by atoms with Crippen LogP contribution >= 0.6 is 0 Å². The Bertz CT molecular complexity index is 414. The fraction of sp³-hybridized carbons (Fsp3) is 0.500. The Hall–Kier alpha value is 0.471. The Kier molecular flexibility index (Phi) is 6.89. The molecule has 7 heteroatoms. The minimum absolute atomic E-state index is 0. The molecule has 0 saturated carbocycles. The van der Waals surface area contributed by atoms with Crippen LogP contribution in [0.3, 0.4) is 0 Å². The molecule has 0 aromatic heterocycles. The van der Waals surface area contributed by atoms with Gasteiger partial charge in [0.05, 0.1) is 18.0 Å². The van der Waals surface area contributed by atoms with Gasteiger partial charge in [-0.05, 0) is 25.8 Å².